The summed E-state index contributed by atoms with van der Waals surface area (Å²) in [5.41, 5.74) is 7.94. The van der Waals surface area contributed by atoms with Crippen molar-refractivity contribution in [2.45, 2.75) is 44.1 Å². The van der Waals surface area contributed by atoms with Gasteiger partial charge in [-0.2, -0.15) is 0 Å². The molecule has 2 saturated carbocycles. The summed E-state index contributed by atoms with van der Waals surface area (Å²) in [4.78, 5) is 19.7. The van der Waals surface area contributed by atoms with E-state index >= 15 is 0 Å². The van der Waals surface area contributed by atoms with Crippen molar-refractivity contribution in [2.24, 2.45) is 23.5 Å². The Morgan fingerprint density at radius 2 is 1.96 bits per heavy atom. The maximum atomic E-state index is 13.0. The zero-order valence-electron chi connectivity index (χ0n) is 14.7. The van der Waals surface area contributed by atoms with Gasteiger partial charge in [0.15, 0.2) is 11.5 Å². The van der Waals surface area contributed by atoms with E-state index in [0.29, 0.717) is 16.9 Å². The van der Waals surface area contributed by atoms with E-state index in [1.807, 2.05) is 23.1 Å². The molecule has 5 nitrogen and oxygen atoms in total. The summed E-state index contributed by atoms with van der Waals surface area (Å²) in [6.45, 7) is 1.53. The SMILES string of the molecule is NC1C2CCC(C2)C1C(=O)N1CCC(c2nc3cc(Cl)ccc3o2)CC1. The van der Waals surface area contributed by atoms with E-state index in [2.05, 4.69) is 4.98 Å². The fourth-order valence-corrected chi connectivity index (χ4v) is 5.52. The third kappa shape index (κ3) is 2.64. The second-order valence-corrected chi connectivity index (χ2v) is 8.64. The van der Waals surface area contributed by atoms with Crippen molar-refractivity contribution >= 4 is 28.6 Å². The zero-order chi connectivity index (χ0) is 17.8. The number of rotatable bonds is 2. The topological polar surface area (TPSA) is 72.4 Å². The fraction of sp³-hybridized carbons (Fsp3) is 0.600. The van der Waals surface area contributed by atoms with Crippen molar-refractivity contribution in [3.63, 3.8) is 0 Å². The molecule has 3 aliphatic rings. The Hall–Kier alpha value is -1.59. The molecule has 0 spiro atoms. The summed E-state index contributed by atoms with van der Waals surface area (Å²) in [6, 6.07) is 5.59. The molecule has 6 heteroatoms. The molecule has 2 heterocycles. The predicted octanol–water partition coefficient (Wildman–Crippen LogP) is 3.56. The molecule has 5 rings (SSSR count). The van der Waals surface area contributed by atoms with Gasteiger partial charge in [0.25, 0.3) is 0 Å². The molecule has 3 fully saturated rings. The third-order valence-corrected chi connectivity index (χ3v) is 7.02. The van der Waals surface area contributed by atoms with Gasteiger partial charge in [0.2, 0.25) is 5.91 Å². The largest absolute Gasteiger partial charge is 0.440 e. The highest BCUT2D eigenvalue weighted by molar-refractivity contribution is 6.31. The monoisotopic (exact) mass is 373 g/mol. The molecule has 1 aromatic heterocycles. The lowest BCUT2D eigenvalue weighted by Crippen LogP contribution is -2.49. The summed E-state index contributed by atoms with van der Waals surface area (Å²) in [5.74, 6) is 2.45. The molecule has 0 radical (unpaired) electrons. The Morgan fingerprint density at radius 1 is 1.19 bits per heavy atom. The number of carbonyl (C=O) groups is 1. The number of fused-ring (bicyclic) bond motifs is 3. The average Bonchev–Trinajstić information content (AvgIpc) is 3.35. The highest BCUT2D eigenvalue weighted by Gasteiger charge is 2.50. The van der Waals surface area contributed by atoms with Gasteiger partial charge in [-0.1, -0.05) is 11.6 Å². The van der Waals surface area contributed by atoms with Gasteiger partial charge in [0.05, 0.1) is 5.92 Å². The van der Waals surface area contributed by atoms with Crippen LogP contribution in [0.1, 0.15) is 43.9 Å². The van der Waals surface area contributed by atoms with Gasteiger partial charge in [-0.15, -0.1) is 0 Å². The third-order valence-electron chi connectivity index (χ3n) is 6.79. The first kappa shape index (κ1) is 16.6. The molecule has 1 aliphatic heterocycles. The smallest absolute Gasteiger partial charge is 0.227 e. The molecular formula is C20H24ClN3O2. The number of likely N-dealkylation sites (tertiary alicyclic amines) is 1. The summed E-state index contributed by atoms with van der Waals surface area (Å²) in [7, 11) is 0. The van der Waals surface area contributed by atoms with Gasteiger partial charge < -0.3 is 15.1 Å². The number of oxazole rings is 1. The standard InChI is InChI=1S/C20H24ClN3O2/c21-14-3-4-16-15(10-14)23-19(26-16)11-5-7-24(8-6-11)20(25)17-12-1-2-13(9-12)18(17)22/h3-4,10-13,17-18H,1-2,5-9,22H2. The molecular weight excluding hydrogens is 350 g/mol. The van der Waals surface area contributed by atoms with Crippen molar-refractivity contribution in [3.8, 4) is 0 Å². The number of hydrogen-bond acceptors (Lipinski definition) is 4. The Bertz CT molecular complexity index is 841. The van der Waals surface area contributed by atoms with Crippen LogP contribution in [0.4, 0.5) is 0 Å². The lowest BCUT2D eigenvalue weighted by Gasteiger charge is -2.36. The predicted molar refractivity (Wildman–Crippen MR) is 99.9 cm³/mol. The van der Waals surface area contributed by atoms with Crippen molar-refractivity contribution in [2.75, 3.05) is 13.1 Å². The van der Waals surface area contributed by atoms with Crippen LogP contribution < -0.4 is 5.73 Å². The molecule has 4 atom stereocenters. The molecule has 1 saturated heterocycles. The number of nitrogens with zero attached hydrogens (tertiary/aromatic N) is 2. The Kier molecular flexibility index (Phi) is 3.98. The molecule has 138 valence electrons. The quantitative estimate of drug-likeness (QED) is 0.873. The molecule has 1 aromatic carbocycles. The number of aromatic nitrogens is 1. The van der Waals surface area contributed by atoms with Crippen molar-refractivity contribution < 1.29 is 9.21 Å². The van der Waals surface area contributed by atoms with Crippen LogP contribution in [0.5, 0.6) is 0 Å². The number of nitrogens with two attached hydrogens (primary N) is 1. The first-order valence-corrected chi connectivity index (χ1v) is 10.1. The molecule has 1 amide bonds. The van der Waals surface area contributed by atoms with E-state index in [-0.39, 0.29) is 23.8 Å². The minimum atomic E-state index is 0.0526. The van der Waals surface area contributed by atoms with Crippen LogP contribution in [0.25, 0.3) is 11.1 Å². The lowest BCUT2D eigenvalue weighted by molar-refractivity contribution is -0.138. The van der Waals surface area contributed by atoms with Crippen LogP contribution in [0, 0.1) is 17.8 Å². The van der Waals surface area contributed by atoms with Gasteiger partial charge in [0.1, 0.15) is 5.52 Å². The Balaban J connectivity index is 1.26. The lowest BCUT2D eigenvalue weighted by atomic mass is 9.83. The number of benzene rings is 1. The zero-order valence-corrected chi connectivity index (χ0v) is 15.5. The highest BCUT2D eigenvalue weighted by Crippen LogP contribution is 2.48. The van der Waals surface area contributed by atoms with Crippen molar-refractivity contribution in [3.05, 3.63) is 29.1 Å². The van der Waals surface area contributed by atoms with E-state index < -0.39 is 0 Å². The summed E-state index contributed by atoms with van der Waals surface area (Å²) in [6.07, 6.45) is 5.32. The summed E-state index contributed by atoms with van der Waals surface area (Å²) < 4.78 is 5.92. The average molecular weight is 374 g/mol. The van der Waals surface area contributed by atoms with Crippen LogP contribution in [-0.4, -0.2) is 34.9 Å². The fourth-order valence-electron chi connectivity index (χ4n) is 5.35. The number of carbonyl (C=O) groups excluding carboxylic acids is 1. The summed E-state index contributed by atoms with van der Waals surface area (Å²) >= 11 is 6.03. The van der Waals surface area contributed by atoms with E-state index in [1.54, 1.807) is 0 Å². The van der Waals surface area contributed by atoms with E-state index in [1.165, 1.54) is 12.8 Å². The Labute approximate surface area is 157 Å². The molecule has 2 N–H and O–H groups in total. The van der Waals surface area contributed by atoms with Crippen LogP contribution in [0.15, 0.2) is 22.6 Å². The van der Waals surface area contributed by atoms with Crippen LogP contribution in [0.3, 0.4) is 0 Å². The van der Waals surface area contributed by atoms with Gasteiger partial charge in [0, 0.05) is 30.1 Å². The molecule has 4 unspecified atom stereocenters. The van der Waals surface area contributed by atoms with Crippen LogP contribution in [0.2, 0.25) is 5.02 Å². The number of hydrogen-bond donors (Lipinski definition) is 1. The maximum Gasteiger partial charge on any atom is 0.227 e. The van der Waals surface area contributed by atoms with Crippen molar-refractivity contribution in [1.82, 2.24) is 9.88 Å². The maximum absolute atomic E-state index is 13.0. The van der Waals surface area contributed by atoms with E-state index in [4.69, 9.17) is 21.8 Å². The number of amides is 1. The number of piperidine rings is 1. The molecule has 26 heavy (non-hydrogen) atoms. The summed E-state index contributed by atoms with van der Waals surface area (Å²) in [5, 5.41) is 0.667. The van der Waals surface area contributed by atoms with Gasteiger partial charge in [-0.25, -0.2) is 4.98 Å². The second-order valence-electron chi connectivity index (χ2n) is 8.20. The van der Waals surface area contributed by atoms with Crippen LogP contribution >= 0.6 is 11.6 Å². The normalized spacial score (nSPS) is 31.8. The van der Waals surface area contributed by atoms with Crippen LogP contribution in [-0.2, 0) is 4.79 Å². The number of halogens is 1. The van der Waals surface area contributed by atoms with Gasteiger partial charge in [-0.3, -0.25) is 4.79 Å². The highest BCUT2D eigenvalue weighted by atomic mass is 35.5. The van der Waals surface area contributed by atoms with Gasteiger partial charge in [-0.05, 0) is 62.1 Å². The molecule has 2 aromatic rings. The molecule has 2 aliphatic carbocycles. The van der Waals surface area contributed by atoms with E-state index in [0.717, 1.165) is 49.3 Å². The second kappa shape index (κ2) is 6.24. The minimum Gasteiger partial charge on any atom is -0.440 e. The Morgan fingerprint density at radius 3 is 2.69 bits per heavy atom. The van der Waals surface area contributed by atoms with E-state index in [9.17, 15) is 4.79 Å². The molecule has 2 bridgehead atoms. The minimum absolute atomic E-state index is 0.0526. The first-order valence-electron chi connectivity index (χ1n) is 9.70. The first-order chi connectivity index (χ1) is 12.6. The van der Waals surface area contributed by atoms with Crippen molar-refractivity contribution in [1.29, 1.82) is 0 Å². The van der Waals surface area contributed by atoms with Gasteiger partial charge >= 0.3 is 0 Å².